The molecule has 0 fully saturated rings. The molecule has 3 aromatic rings. The van der Waals surface area contributed by atoms with Gasteiger partial charge in [0.05, 0.1) is 0 Å². The van der Waals surface area contributed by atoms with Crippen LogP contribution in [0.4, 0.5) is 23.1 Å². The molecule has 0 amide bonds. The zero-order chi connectivity index (χ0) is 16.4. The molecule has 1 N–H and O–H groups in total. The van der Waals surface area contributed by atoms with Crippen molar-refractivity contribution in [1.29, 1.82) is 0 Å². The molecule has 0 saturated carbocycles. The van der Waals surface area contributed by atoms with E-state index in [4.69, 9.17) is 4.98 Å². The van der Waals surface area contributed by atoms with Crippen LogP contribution < -0.4 is 10.2 Å². The molecular formula is C20H20N4. The summed E-state index contributed by atoms with van der Waals surface area (Å²) in [7, 11) is 0. The van der Waals surface area contributed by atoms with Gasteiger partial charge < -0.3 is 10.2 Å². The van der Waals surface area contributed by atoms with Crippen LogP contribution in [0.2, 0.25) is 0 Å². The molecule has 0 radical (unpaired) electrons. The third-order valence-electron chi connectivity index (χ3n) is 4.26. The van der Waals surface area contributed by atoms with Crippen molar-refractivity contribution in [1.82, 2.24) is 9.97 Å². The van der Waals surface area contributed by atoms with E-state index < -0.39 is 0 Å². The van der Waals surface area contributed by atoms with Gasteiger partial charge in [0.15, 0.2) is 0 Å². The number of para-hydroxylation sites is 2. The van der Waals surface area contributed by atoms with Gasteiger partial charge in [-0.15, -0.1) is 0 Å². The Bertz CT molecular complexity index is 845. The molecule has 4 nitrogen and oxygen atoms in total. The largest absolute Gasteiger partial charge is 0.326 e. The summed E-state index contributed by atoms with van der Waals surface area (Å²) in [6, 6.07) is 20.7. The molecule has 1 aromatic heterocycles. The molecule has 2 aromatic carbocycles. The normalized spacial score (nSPS) is 13.5. The highest BCUT2D eigenvalue weighted by Crippen LogP contribution is 2.33. The lowest BCUT2D eigenvalue weighted by atomic mass is 10.0. The minimum atomic E-state index is 0.638. The molecule has 0 unspecified atom stereocenters. The van der Waals surface area contributed by atoms with Gasteiger partial charge in [0.1, 0.15) is 5.82 Å². The highest BCUT2D eigenvalue weighted by molar-refractivity contribution is 5.67. The molecule has 24 heavy (non-hydrogen) atoms. The van der Waals surface area contributed by atoms with Gasteiger partial charge in [0.2, 0.25) is 5.95 Å². The monoisotopic (exact) mass is 316 g/mol. The highest BCUT2D eigenvalue weighted by Gasteiger charge is 2.19. The number of benzene rings is 2. The Balaban J connectivity index is 1.69. The minimum absolute atomic E-state index is 0.638. The lowest BCUT2D eigenvalue weighted by Crippen LogP contribution is -2.25. The predicted octanol–water partition coefficient (Wildman–Crippen LogP) is 4.61. The first-order valence-corrected chi connectivity index (χ1v) is 8.33. The van der Waals surface area contributed by atoms with E-state index in [1.807, 2.05) is 37.3 Å². The summed E-state index contributed by atoms with van der Waals surface area (Å²) in [6.45, 7) is 3.00. The zero-order valence-electron chi connectivity index (χ0n) is 13.7. The Morgan fingerprint density at radius 3 is 2.62 bits per heavy atom. The number of rotatable bonds is 3. The van der Waals surface area contributed by atoms with Crippen molar-refractivity contribution in [2.45, 2.75) is 19.8 Å². The molecule has 1 aliphatic heterocycles. The van der Waals surface area contributed by atoms with Gasteiger partial charge in [-0.3, -0.25) is 0 Å². The molecular weight excluding hydrogens is 296 g/mol. The van der Waals surface area contributed by atoms with Crippen LogP contribution in [-0.2, 0) is 6.42 Å². The van der Waals surface area contributed by atoms with E-state index in [0.29, 0.717) is 5.95 Å². The molecule has 120 valence electrons. The van der Waals surface area contributed by atoms with Crippen molar-refractivity contribution >= 4 is 23.1 Å². The van der Waals surface area contributed by atoms with E-state index in [9.17, 15) is 0 Å². The Hall–Kier alpha value is -2.88. The van der Waals surface area contributed by atoms with Gasteiger partial charge in [-0.25, -0.2) is 4.98 Å². The van der Waals surface area contributed by atoms with Crippen LogP contribution in [0.5, 0.6) is 0 Å². The van der Waals surface area contributed by atoms with Crippen LogP contribution >= 0.6 is 0 Å². The number of nitrogens with zero attached hydrogens (tertiary/aromatic N) is 3. The average molecular weight is 316 g/mol. The quantitative estimate of drug-likeness (QED) is 0.766. The van der Waals surface area contributed by atoms with Crippen LogP contribution in [0.1, 0.15) is 17.7 Å². The van der Waals surface area contributed by atoms with Crippen LogP contribution in [0.15, 0.2) is 60.7 Å². The third-order valence-corrected chi connectivity index (χ3v) is 4.26. The Morgan fingerprint density at radius 2 is 1.75 bits per heavy atom. The number of aryl methyl sites for hydroxylation is 2. The summed E-state index contributed by atoms with van der Waals surface area (Å²) < 4.78 is 0. The fraction of sp³-hybridized carbons (Fsp3) is 0.200. The summed E-state index contributed by atoms with van der Waals surface area (Å²) in [4.78, 5) is 11.6. The topological polar surface area (TPSA) is 41.1 Å². The Morgan fingerprint density at radius 1 is 0.958 bits per heavy atom. The summed E-state index contributed by atoms with van der Waals surface area (Å²) >= 11 is 0. The number of hydrogen-bond donors (Lipinski definition) is 1. The number of nitrogens with one attached hydrogen (secondary N) is 1. The molecule has 4 rings (SSSR count). The molecule has 4 heteroatoms. The Labute approximate surface area is 142 Å². The molecule has 2 heterocycles. The lowest BCUT2D eigenvalue weighted by molar-refractivity contribution is 0.758. The molecule has 0 aliphatic carbocycles. The van der Waals surface area contributed by atoms with E-state index in [1.165, 1.54) is 11.3 Å². The van der Waals surface area contributed by atoms with E-state index in [-0.39, 0.29) is 0 Å². The smallest absolute Gasteiger partial charge is 0.229 e. The second kappa shape index (κ2) is 6.32. The van der Waals surface area contributed by atoms with Crippen molar-refractivity contribution in [3.63, 3.8) is 0 Å². The molecule has 0 atom stereocenters. The van der Waals surface area contributed by atoms with Crippen LogP contribution in [-0.4, -0.2) is 16.5 Å². The average Bonchev–Trinajstić information content (AvgIpc) is 2.61. The van der Waals surface area contributed by atoms with Gasteiger partial charge in [-0.2, -0.15) is 4.98 Å². The van der Waals surface area contributed by atoms with E-state index in [0.717, 1.165) is 36.6 Å². The minimum Gasteiger partial charge on any atom is -0.326 e. The van der Waals surface area contributed by atoms with Gasteiger partial charge in [-0.1, -0.05) is 36.4 Å². The van der Waals surface area contributed by atoms with Gasteiger partial charge in [0, 0.05) is 29.7 Å². The first-order valence-electron chi connectivity index (χ1n) is 8.33. The molecule has 0 spiro atoms. The zero-order valence-corrected chi connectivity index (χ0v) is 13.7. The van der Waals surface area contributed by atoms with E-state index in [1.54, 1.807) is 0 Å². The van der Waals surface area contributed by atoms with Crippen molar-refractivity contribution in [2.24, 2.45) is 0 Å². The van der Waals surface area contributed by atoms with Crippen molar-refractivity contribution in [2.75, 3.05) is 16.8 Å². The predicted molar refractivity (Wildman–Crippen MR) is 98.3 cm³/mol. The fourth-order valence-corrected chi connectivity index (χ4v) is 3.17. The third kappa shape index (κ3) is 2.95. The van der Waals surface area contributed by atoms with Gasteiger partial charge >= 0.3 is 0 Å². The number of hydrogen-bond acceptors (Lipinski definition) is 4. The second-order valence-corrected chi connectivity index (χ2v) is 6.07. The fourth-order valence-electron chi connectivity index (χ4n) is 3.17. The van der Waals surface area contributed by atoms with Crippen LogP contribution in [0.3, 0.4) is 0 Å². The SMILES string of the molecule is Cc1cc(N2CCCc3ccccc32)nc(Nc2ccccc2)n1. The summed E-state index contributed by atoms with van der Waals surface area (Å²) in [5.41, 5.74) is 4.60. The standard InChI is InChI=1S/C20H20N4/c1-15-14-19(23-20(21-15)22-17-10-3-2-4-11-17)24-13-7-9-16-8-5-6-12-18(16)24/h2-6,8,10-12,14H,7,9,13H2,1H3,(H,21,22,23). The maximum atomic E-state index is 4.76. The molecule has 1 aliphatic rings. The Kier molecular flexibility index (Phi) is 3.87. The van der Waals surface area contributed by atoms with Crippen LogP contribution in [0.25, 0.3) is 0 Å². The maximum Gasteiger partial charge on any atom is 0.229 e. The number of fused-ring (bicyclic) bond motifs is 1. The number of anilines is 4. The lowest BCUT2D eigenvalue weighted by Gasteiger charge is -2.30. The molecule has 0 saturated heterocycles. The van der Waals surface area contributed by atoms with E-state index in [2.05, 4.69) is 45.5 Å². The summed E-state index contributed by atoms with van der Waals surface area (Å²) in [5.74, 6) is 1.59. The van der Waals surface area contributed by atoms with Gasteiger partial charge in [-0.05, 0) is 43.5 Å². The second-order valence-electron chi connectivity index (χ2n) is 6.07. The maximum absolute atomic E-state index is 4.76. The summed E-state index contributed by atoms with van der Waals surface area (Å²) in [5, 5.41) is 3.30. The first-order chi connectivity index (χ1) is 11.8. The summed E-state index contributed by atoms with van der Waals surface area (Å²) in [6.07, 6.45) is 2.27. The van der Waals surface area contributed by atoms with Crippen LogP contribution in [0, 0.1) is 6.92 Å². The van der Waals surface area contributed by atoms with Gasteiger partial charge in [0.25, 0.3) is 0 Å². The highest BCUT2D eigenvalue weighted by atomic mass is 15.2. The number of aromatic nitrogens is 2. The van der Waals surface area contributed by atoms with Crippen molar-refractivity contribution < 1.29 is 0 Å². The van der Waals surface area contributed by atoms with E-state index >= 15 is 0 Å². The first kappa shape index (κ1) is 14.7. The van der Waals surface area contributed by atoms with Crippen molar-refractivity contribution in [3.05, 3.63) is 71.9 Å². The van der Waals surface area contributed by atoms with Crippen molar-refractivity contribution in [3.8, 4) is 0 Å². The molecule has 0 bridgehead atoms.